The van der Waals surface area contributed by atoms with E-state index in [0.29, 0.717) is 5.57 Å². The van der Waals surface area contributed by atoms with Gasteiger partial charge in [0.25, 0.3) is 0 Å². The predicted molar refractivity (Wildman–Crippen MR) is 64.6 cm³/mol. The molecule has 0 aliphatic rings. The first-order valence-electron chi connectivity index (χ1n) is 4.43. The minimum absolute atomic E-state index is 0. The molecule has 8 N–H and O–H groups in total. The van der Waals surface area contributed by atoms with E-state index in [1.807, 2.05) is 0 Å². The molecule has 0 spiro atoms. The highest BCUT2D eigenvalue weighted by atomic mass is 31.2. The van der Waals surface area contributed by atoms with Crippen LogP contribution in [0.15, 0.2) is 12.2 Å². The van der Waals surface area contributed by atoms with Crippen molar-refractivity contribution >= 4 is 13.8 Å². The van der Waals surface area contributed by atoms with E-state index >= 15 is 0 Å². The Bertz CT molecular complexity index is 291. The van der Waals surface area contributed by atoms with Crippen LogP contribution in [0.4, 0.5) is 0 Å². The maximum Gasteiger partial charge on any atom is 0.469 e. The minimum atomic E-state index is -4.43. The second kappa shape index (κ2) is 11.3. The van der Waals surface area contributed by atoms with Crippen LogP contribution in [0.2, 0.25) is 0 Å². The molecular formula is C8H21N2O7P. The molecule has 0 saturated carbocycles. The Morgan fingerprint density at radius 3 is 2.11 bits per heavy atom. The van der Waals surface area contributed by atoms with Crippen molar-refractivity contribution < 1.29 is 33.1 Å². The first kappa shape index (κ1) is 22.4. The van der Waals surface area contributed by atoms with Gasteiger partial charge in [-0.15, -0.1) is 0 Å². The summed E-state index contributed by atoms with van der Waals surface area (Å²) in [5, 5.41) is 0. The Balaban J connectivity index is -0.00000112. The highest BCUT2D eigenvalue weighted by Crippen LogP contribution is 2.35. The van der Waals surface area contributed by atoms with E-state index in [9.17, 15) is 9.36 Å². The molecule has 0 atom stereocenters. The van der Waals surface area contributed by atoms with Crippen LogP contribution >= 0.6 is 7.82 Å². The summed E-state index contributed by atoms with van der Waals surface area (Å²) in [7, 11) is -4.43. The Kier molecular flexibility index (Phi) is 14.1. The SMILES string of the molecule is C=C(C)C(=O)OCCOCCOP(=O)(O)O.N.N. The van der Waals surface area contributed by atoms with Gasteiger partial charge in [-0.1, -0.05) is 6.58 Å². The standard InChI is InChI=1S/C8H15O7P.2H3N/c1-7(2)8(9)14-5-3-13-4-6-15-16(10,11)12;;/h1,3-6H2,2H3,(H2,10,11,12);2*1H3. The van der Waals surface area contributed by atoms with Crippen molar-refractivity contribution in [2.45, 2.75) is 6.92 Å². The second-order valence-electron chi connectivity index (χ2n) is 2.85. The smallest absolute Gasteiger partial charge is 0.460 e. The van der Waals surface area contributed by atoms with Gasteiger partial charge >= 0.3 is 13.8 Å². The first-order chi connectivity index (χ1) is 7.33. The van der Waals surface area contributed by atoms with E-state index in [2.05, 4.69) is 11.1 Å². The summed E-state index contributed by atoms with van der Waals surface area (Å²) in [5.41, 5.74) is 0.296. The van der Waals surface area contributed by atoms with E-state index in [4.69, 9.17) is 19.3 Å². The average molecular weight is 288 g/mol. The lowest BCUT2D eigenvalue weighted by molar-refractivity contribution is -0.140. The van der Waals surface area contributed by atoms with Crippen molar-refractivity contribution in [3.05, 3.63) is 12.2 Å². The van der Waals surface area contributed by atoms with Gasteiger partial charge in [0.15, 0.2) is 0 Å². The Labute approximate surface area is 106 Å². The number of phosphoric ester groups is 1. The topological polar surface area (TPSA) is 172 Å². The van der Waals surface area contributed by atoms with Crippen LogP contribution in [-0.2, 0) is 23.4 Å². The molecule has 0 aromatic carbocycles. The highest BCUT2D eigenvalue weighted by Gasteiger charge is 2.12. The van der Waals surface area contributed by atoms with Crippen LogP contribution in [0, 0.1) is 0 Å². The summed E-state index contributed by atoms with van der Waals surface area (Å²) < 4.78 is 23.9. The van der Waals surface area contributed by atoms with E-state index in [1.54, 1.807) is 0 Å². The number of hydrogen-bond donors (Lipinski definition) is 4. The lowest BCUT2D eigenvalue weighted by Gasteiger charge is -2.07. The first-order valence-corrected chi connectivity index (χ1v) is 5.96. The fraction of sp³-hybridized carbons (Fsp3) is 0.625. The van der Waals surface area contributed by atoms with E-state index in [-0.39, 0.29) is 38.7 Å². The van der Waals surface area contributed by atoms with Crippen molar-refractivity contribution in [2.24, 2.45) is 0 Å². The van der Waals surface area contributed by atoms with Gasteiger partial charge in [-0.3, -0.25) is 4.52 Å². The summed E-state index contributed by atoms with van der Waals surface area (Å²) in [6, 6.07) is 0. The Hall–Kier alpha value is -0.800. The minimum Gasteiger partial charge on any atom is -0.460 e. The molecule has 0 radical (unpaired) electrons. The summed E-state index contributed by atoms with van der Waals surface area (Å²) in [6.07, 6.45) is 0. The van der Waals surface area contributed by atoms with Crippen molar-refractivity contribution in [1.82, 2.24) is 12.3 Å². The number of rotatable bonds is 8. The molecule has 0 fully saturated rings. The van der Waals surface area contributed by atoms with Gasteiger partial charge in [0.05, 0.1) is 19.8 Å². The van der Waals surface area contributed by atoms with E-state index in [0.717, 1.165) is 0 Å². The van der Waals surface area contributed by atoms with Gasteiger partial charge < -0.3 is 31.6 Å². The van der Waals surface area contributed by atoms with Gasteiger partial charge in [0.2, 0.25) is 0 Å². The number of carbonyl (C=O) groups excluding carboxylic acids is 1. The van der Waals surface area contributed by atoms with Crippen LogP contribution in [0.3, 0.4) is 0 Å². The van der Waals surface area contributed by atoms with Crippen LogP contribution in [-0.4, -0.2) is 42.2 Å². The zero-order valence-electron chi connectivity index (χ0n) is 10.3. The molecule has 0 aliphatic carbocycles. The third kappa shape index (κ3) is 15.2. The average Bonchev–Trinajstić information content (AvgIpc) is 2.14. The molecule has 0 bridgehead atoms. The van der Waals surface area contributed by atoms with E-state index in [1.165, 1.54) is 6.92 Å². The molecule has 10 heteroatoms. The van der Waals surface area contributed by atoms with Crippen molar-refractivity contribution in [3.8, 4) is 0 Å². The number of esters is 1. The van der Waals surface area contributed by atoms with Gasteiger partial charge in [0, 0.05) is 5.57 Å². The van der Waals surface area contributed by atoms with Gasteiger partial charge in [-0.05, 0) is 6.92 Å². The predicted octanol–water partition coefficient (Wildman–Crippen LogP) is 0.556. The zero-order valence-corrected chi connectivity index (χ0v) is 11.2. The zero-order chi connectivity index (χ0) is 12.6. The third-order valence-electron chi connectivity index (χ3n) is 1.30. The Morgan fingerprint density at radius 1 is 1.17 bits per heavy atom. The fourth-order valence-electron chi connectivity index (χ4n) is 0.634. The molecule has 0 aromatic rings. The molecule has 0 saturated heterocycles. The number of ether oxygens (including phenoxy) is 2. The maximum absolute atomic E-state index is 10.9. The monoisotopic (exact) mass is 288 g/mol. The molecule has 0 heterocycles. The van der Waals surface area contributed by atoms with Crippen molar-refractivity contribution in [1.29, 1.82) is 0 Å². The number of phosphoric acid groups is 1. The van der Waals surface area contributed by atoms with Crippen LogP contribution in [0.25, 0.3) is 0 Å². The summed E-state index contributed by atoms with van der Waals surface area (Å²) in [5.74, 6) is -0.505. The molecular weight excluding hydrogens is 267 g/mol. The quantitative estimate of drug-likeness (QED) is 0.215. The number of hydrogen-bond acceptors (Lipinski definition) is 7. The van der Waals surface area contributed by atoms with Gasteiger partial charge in [-0.2, -0.15) is 0 Å². The molecule has 0 aromatic heterocycles. The highest BCUT2D eigenvalue weighted by molar-refractivity contribution is 7.46. The lowest BCUT2D eigenvalue weighted by Crippen LogP contribution is -2.12. The summed E-state index contributed by atoms with van der Waals surface area (Å²) in [4.78, 5) is 27.5. The molecule has 0 amide bonds. The normalized spacial score (nSPS) is 9.94. The largest absolute Gasteiger partial charge is 0.469 e. The second-order valence-corrected chi connectivity index (χ2v) is 4.09. The maximum atomic E-state index is 10.9. The fourth-order valence-corrected chi connectivity index (χ4v) is 0.946. The van der Waals surface area contributed by atoms with Gasteiger partial charge in [0.1, 0.15) is 6.61 Å². The molecule has 0 aliphatic heterocycles. The molecule has 0 unspecified atom stereocenters. The lowest BCUT2D eigenvalue weighted by atomic mass is 10.4. The molecule has 18 heavy (non-hydrogen) atoms. The summed E-state index contributed by atoms with van der Waals surface area (Å²) in [6.45, 7) is 4.89. The molecule has 110 valence electrons. The van der Waals surface area contributed by atoms with Crippen LogP contribution in [0.5, 0.6) is 0 Å². The number of carbonyl (C=O) groups is 1. The van der Waals surface area contributed by atoms with Gasteiger partial charge in [-0.25, -0.2) is 9.36 Å². The van der Waals surface area contributed by atoms with E-state index < -0.39 is 13.8 Å². The van der Waals surface area contributed by atoms with Crippen LogP contribution in [0.1, 0.15) is 6.92 Å². The van der Waals surface area contributed by atoms with Crippen molar-refractivity contribution in [3.63, 3.8) is 0 Å². The third-order valence-corrected chi connectivity index (χ3v) is 1.82. The molecule has 0 rings (SSSR count). The summed E-state index contributed by atoms with van der Waals surface area (Å²) >= 11 is 0. The molecule has 9 nitrogen and oxygen atoms in total. The Morgan fingerprint density at radius 2 is 1.67 bits per heavy atom. The van der Waals surface area contributed by atoms with Crippen LogP contribution < -0.4 is 12.3 Å². The van der Waals surface area contributed by atoms with Crippen molar-refractivity contribution in [2.75, 3.05) is 26.4 Å².